The molecule has 0 saturated heterocycles. The first-order valence-electron chi connectivity index (χ1n) is 7.20. The van der Waals surface area contributed by atoms with Crippen LogP contribution in [0.25, 0.3) is 0 Å². The van der Waals surface area contributed by atoms with Crippen molar-refractivity contribution in [3.8, 4) is 0 Å². The van der Waals surface area contributed by atoms with Crippen LogP contribution < -0.4 is 10.6 Å². The predicted octanol–water partition coefficient (Wildman–Crippen LogP) is 3.78. The fourth-order valence-electron chi connectivity index (χ4n) is 1.85. The molecule has 9 heteroatoms. The van der Waals surface area contributed by atoms with Gasteiger partial charge in [0.2, 0.25) is 0 Å². The monoisotopic (exact) mass is 418 g/mol. The van der Waals surface area contributed by atoms with E-state index in [1.165, 1.54) is 12.1 Å². The lowest BCUT2D eigenvalue weighted by Crippen LogP contribution is -2.23. The molecule has 0 aromatic heterocycles. The second kappa shape index (κ2) is 8.80. The second-order valence-corrected chi connectivity index (χ2v) is 5.92. The molecule has 0 aliphatic rings. The number of hydrogen-bond donors (Lipinski definition) is 3. The Morgan fingerprint density at radius 3 is 2.28 bits per heavy atom. The van der Waals surface area contributed by atoms with Crippen LogP contribution in [0.5, 0.6) is 0 Å². The zero-order valence-corrected chi connectivity index (χ0v) is 15.4. The molecule has 0 amide bonds. The molecule has 0 aliphatic heterocycles. The first-order chi connectivity index (χ1) is 11.6. The van der Waals surface area contributed by atoms with Crippen LogP contribution in [0.15, 0.2) is 40.7 Å². The number of rotatable bonds is 6. The third-order valence-corrected chi connectivity index (χ3v) is 3.77. The molecule has 1 aromatic rings. The van der Waals surface area contributed by atoms with Crippen LogP contribution in [0.1, 0.15) is 31.0 Å². The summed E-state index contributed by atoms with van der Waals surface area (Å²) >= 11 is 2.93. The van der Waals surface area contributed by atoms with E-state index in [4.69, 9.17) is 5.41 Å². The van der Waals surface area contributed by atoms with Crippen molar-refractivity contribution in [3.63, 3.8) is 0 Å². The number of amidine groups is 1. The molecule has 3 N–H and O–H groups in total. The average Bonchev–Trinajstić information content (AvgIpc) is 2.54. The number of hydrogen-bond acceptors (Lipinski definition) is 4. The number of aldehydes is 1. The van der Waals surface area contributed by atoms with E-state index in [1.54, 1.807) is 20.9 Å². The Balaban J connectivity index is 3.16. The van der Waals surface area contributed by atoms with Gasteiger partial charge in [0, 0.05) is 13.1 Å². The maximum atomic E-state index is 12.6. The number of alkyl halides is 3. The van der Waals surface area contributed by atoms with Crippen molar-refractivity contribution in [1.82, 2.24) is 10.6 Å². The molecule has 136 valence electrons. The van der Waals surface area contributed by atoms with Crippen molar-refractivity contribution in [1.29, 1.82) is 5.41 Å². The number of allylic oxidation sites excluding steroid dienone is 1. The number of benzene rings is 1. The van der Waals surface area contributed by atoms with Gasteiger partial charge in [0.15, 0.2) is 6.29 Å². The van der Waals surface area contributed by atoms with Crippen LogP contribution in [0.4, 0.5) is 13.2 Å². The van der Waals surface area contributed by atoms with Crippen molar-refractivity contribution in [2.75, 3.05) is 7.05 Å². The van der Waals surface area contributed by atoms with Crippen molar-refractivity contribution in [2.45, 2.75) is 26.1 Å². The highest BCUT2D eigenvalue weighted by atomic mass is 79.9. The van der Waals surface area contributed by atoms with Crippen molar-refractivity contribution < 1.29 is 18.0 Å². The topological polar surface area (TPSA) is 77.3 Å². The summed E-state index contributed by atoms with van der Waals surface area (Å²) in [5, 5.41) is 13.4. The molecule has 1 unspecified atom stereocenters. The van der Waals surface area contributed by atoms with E-state index in [-0.39, 0.29) is 16.0 Å². The summed E-state index contributed by atoms with van der Waals surface area (Å²) in [6.45, 7) is 3.39. The quantitative estimate of drug-likeness (QED) is 0.284. The molecule has 0 saturated carbocycles. The molecular weight excluding hydrogens is 401 g/mol. The van der Waals surface area contributed by atoms with Crippen LogP contribution in [-0.4, -0.2) is 23.8 Å². The van der Waals surface area contributed by atoms with Gasteiger partial charge >= 0.3 is 6.18 Å². The molecule has 0 radical (unpaired) electrons. The molecule has 0 spiro atoms. The summed E-state index contributed by atoms with van der Waals surface area (Å²) in [5.41, 5.74) is -0.165. The third-order valence-electron chi connectivity index (χ3n) is 3.34. The van der Waals surface area contributed by atoms with Crippen LogP contribution in [0, 0.1) is 5.41 Å². The number of carbonyl (C=O) groups excluding carboxylic acids is 1. The minimum absolute atomic E-state index is 0.00615. The minimum atomic E-state index is -4.40. The molecule has 0 heterocycles. The lowest BCUT2D eigenvalue weighted by Gasteiger charge is -2.18. The van der Waals surface area contributed by atoms with E-state index in [0.29, 0.717) is 17.7 Å². The average molecular weight is 419 g/mol. The molecule has 1 atom stereocenters. The fraction of sp³-hybridized carbons (Fsp3) is 0.312. The summed E-state index contributed by atoms with van der Waals surface area (Å²) in [6, 6.07) is 4.25. The molecule has 5 nitrogen and oxygen atoms in total. The zero-order chi connectivity index (χ0) is 19.2. The van der Waals surface area contributed by atoms with Crippen LogP contribution in [0.2, 0.25) is 0 Å². The number of nitrogens with one attached hydrogen (secondary N) is 3. The second-order valence-electron chi connectivity index (χ2n) is 5.13. The molecule has 1 rings (SSSR count). The van der Waals surface area contributed by atoms with Gasteiger partial charge in [-0.2, -0.15) is 13.2 Å². The Morgan fingerprint density at radius 2 is 1.88 bits per heavy atom. The summed E-state index contributed by atoms with van der Waals surface area (Å²) < 4.78 is 37.8. The van der Waals surface area contributed by atoms with E-state index in [0.717, 1.165) is 12.1 Å². The largest absolute Gasteiger partial charge is 0.416 e. The van der Waals surface area contributed by atoms with Gasteiger partial charge in [0.05, 0.1) is 11.1 Å². The Morgan fingerprint density at radius 1 is 1.32 bits per heavy atom. The van der Waals surface area contributed by atoms with Crippen molar-refractivity contribution >= 4 is 32.7 Å². The van der Waals surface area contributed by atoms with Crippen LogP contribution in [-0.2, 0) is 11.0 Å². The maximum absolute atomic E-state index is 12.6. The van der Waals surface area contributed by atoms with E-state index >= 15 is 0 Å². The first-order valence-corrected chi connectivity index (χ1v) is 8.00. The highest BCUT2D eigenvalue weighted by molar-refractivity contribution is 9.18. The van der Waals surface area contributed by atoms with Crippen LogP contribution in [0.3, 0.4) is 0 Å². The van der Waals surface area contributed by atoms with E-state index in [1.807, 2.05) is 0 Å². The number of carbonyl (C=O) groups is 1. The van der Waals surface area contributed by atoms with Gasteiger partial charge in [-0.25, -0.2) is 4.99 Å². The van der Waals surface area contributed by atoms with Crippen molar-refractivity contribution in [3.05, 3.63) is 46.8 Å². The summed E-state index contributed by atoms with van der Waals surface area (Å²) in [4.78, 5) is 15.4. The van der Waals surface area contributed by atoms with Crippen molar-refractivity contribution in [2.24, 2.45) is 4.99 Å². The fourth-order valence-corrected chi connectivity index (χ4v) is 2.14. The standard InChI is InChI=1S/C16H18BrF3N4O/c1-9(11-4-6-12(7-5-11)16(18,19)20)23-15(24-10(2)22-3)13(8-25)14(17)21/h4-9,21,23H,1-3H3,(H,22,24)/b15-13+,21-14?. The lowest BCUT2D eigenvalue weighted by molar-refractivity contribution is -0.137. The zero-order valence-electron chi connectivity index (χ0n) is 13.8. The molecule has 25 heavy (non-hydrogen) atoms. The smallest absolute Gasteiger partial charge is 0.377 e. The first kappa shape index (κ1) is 20.9. The summed E-state index contributed by atoms with van der Waals surface area (Å²) in [6.07, 6.45) is -3.92. The van der Waals surface area contributed by atoms with Gasteiger partial charge in [-0.1, -0.05) is 12.1 Å². The van der Waals surface area contributed by atoms with E-state index < -0.39 is 17.8 Å². The van der Waals surface area contributed by atoms with Gasteiger partial charge in [0.25, 0.3) is 0 Å². The normalized spacial score (nSPS) is 14.4. The summed E-state index contributed by atoms with van der Waals surface area (Å²) in [7, 11) is 1.65. The highest BCUT2D eigenvalue weighted by Crippen LogP contribution is 2.30. The number of halogens is 4. The minimum Gasteiger partial charge on any atom is -0.377 e. The van der Waals surface area contributed by atoms with Gasteiger partial charge < -0.3 is 10.6 Å². The summed E-state index contributed by atoms with van der Waals surface area (Å²) in [5.74, 6) is 0.631. The van der Waals surface area contributed by atoms with E-state index in [2.05, 4.69) is 31.6 Å². The number of aliphatic imine (C=N–C) groups is 1. The molecule has 0 aliphatic carbocycles. The maximum Gasteiger partial charge on any atom is 0.416 e. The predicted molar refractivity (Wildman–Crippen MR) is 94.9 cm³/mol. The molecular formula is C16H18BrF3N4O. The Bertz CT molecular complexity index is 696. The van der Waals surface area contributed by atoms with Gasteiger partial charge in [-0.15, -0.1) is 0 Å². The highest BCUT2D eigenvalue weighted by Gasteiger charge is 2.30. The molecule has 1 aromatic carbocycles. The Labute approximate surface area is 152 Å². The lowest BCUT2D eigenvalue weighted by atomic mass is 10.1. The van der Waals surface area contributed by atoms with Gasteiger partial charge in [-0.3, -0.25) is 10.2 Å². The van der Waals surface area contributed by atoms with Crippen LogP contribution >= 0.6 is 15.9 Å². The van der Waals surface area contributed by atoms with E-state index in [9.17, 15) is 18.0 Å². The third kappa shape index (κ3) is 6.00. The number of nitrogens with zero attached hydrogens (tertiary/aromatic N) is 1. The molecule has 0 fully saturated rings. The SMILES string of the molecule is CN/C(C)=N\C(NC(C)c1ccc(C(F)(F)F)cc1)=C(/C=O)C(=N)Br. The Kier molecular flexibility index (Phi) is 7.35. The Hall–Kier alpha value is -2.16. The van der Waals surface area contributed by atoms with Gasteiger partial charge in [-0.05, 0) is 47.5 Å². The van der Waals surface area contributed by atoms with Gasteiger partial charge in [0.1, 0.15) is 16.3 Å². The molecule has 0 bridgehead atoms.